The van der Waals surface area contributed by atoms with Crippen molar-refractivity contribution in [2.75, 3.05) is 13.6 Å². The van der Waals surface area contributed by atoms with Gasteiger partial charge in [0.15, 0.2) is 0 Å². The predicted octanol–water partition coefficient (Wildman–Crippen LogP) is 0.532. The molecule has 3 rings (SSSR count). The highest BCUT2D eigenvalue weighted by Crippen LogP contribution is 2.46. The molecule has 0 spiro atoms. The Morgan fingerprint density at radius 2 is 2.00 bits per heavy atom. The van der Waals surface area contributed by atoms with Gasteiger partial charge in [-0.1, -0.05) is 12.2 Å². The molecule has 7 heteroatoms. The second kappa shape index (κ2) is 6.78. The van der Waals surface area contributed by atoms with Crippen LogP contribution in [0.3, 0.4) is 0 Å². The molecule has 2 amide bonds. The van der Waals surface area contributed by atoms with E-state index >= 15 is 0 Å². The number of fused-ring (bicyclic) bond motifs is 2. The molecule has 0 aromatic rings. The highest BCUT2D eigenvalue weighted by Gasteiger charge is 2.61. The normalized spacial score (nSPS) is 40.5. The highest BCUT2D eigenvalue weighted by atomic mass is 16.4. The summed E-state index contributed by atoms with van der Waals surface area (Å²) in [6.07, 6.45) is 6.58. The number of carboxylic acids is 1. The smallest absolute Gasteiger partial charge is 0.330 e. The van der Waals surface area contributed by atoms with Gasteiger partial charge in [0.2, 0.25) is 11.8 Å². The van der Waals surface area contributed by atoms with Gasteiger partial charge in [-0.05, 0) is 38.5 Å². The Morgan fingerprint density at radius 3 is 2.72 bits per heavy atom. The molecule has 1 aliphatic heterocycles. The van der Waals surface area contributed by atoms with Crippen LogP contribution in [0.4, 0.5) is 0 Å². The van der Waals surface area contributed by atoms with Gasteiger partial charge in [-0.25, -0.2) is 4.79 Å². The molecule has 25 heavy (non-hydrogen) atoms. The van der Waals surface area contributed by atoms with E-state index in [-0.39, 0.29) is 24.7 Å². The molecular formula is C18H26N2O5. The molecule has 0 aromatic carbocycles. The molecule has 3 N–H and O–H groups in total. The molecular weight excluding hydrogens is 324 g/mol. The van der Waals surface area contributed by atoms with E-state index in [1.807, 2.05) is 12.2 Å². The highest BCUT2D eigenvalue weighted by molar-refractivity contribution is 5.94. The molecule has 1 heterocycles. The van der Waals surface area contributed by atoms with Gasteiger partial charge >= 0.3 is 5.97 Å². The van der Waals surface area contributed by atoms with Crippen molar-refractivity contribution >= 4 is 17.8 Å². The first kappa shape index (κ1) is 17.9. The maximum atomic E-state index is 12.7. The van der Waals surface area contributed by atoms with Crippen LogP contribution < -0.4 is 5.32 Å². The minimum absolute atomic E-state index is 0.138. The maximum absolute atomic E-state index is 12.7. The number of amides is 2. The molecule has 7 nitrogen and oxygen atoms in total. The molecule has 2 fully saturated rings. The number of carbonyl (C=O) groups is 3. The first-order chi connectivity index (χ1) is 11.8. The fourth-order valence-electron chi connectivity index (χ4n) is 4.11. The number of hydrogen-bond acceptors (Lipinski definition) is 4. The lowest BCUT2D eigenvalue weighted by molar-refractivity contribution is -0.145. The number of rotatable bonds is 1. The van der Waals surface area contributed by atoms with Crippen LogP contribution in [0.15, 0.2) is 12.2 Å². The number of allylic oxidation sites excluding steroid dienone is 1. The lowest BCUT2D eigenvalue weighted by Gasteiger charge is -2.26. The summed E-state index contributed by atoms with van der Waals surface area (Å²) >= 11 is 0. The maximum Gasteiger partial charge on any atom is 0.330 e. The van der Waals surface area contributed by atoms with Crippen LogP contribution >= 0.6 is 0 Å². The van der Waals surface area contributed by atoms with Crippen molar-refractivity contribution in [2.24, 2.45) is 17.8 Å². The number of carboxylic acid groups (broad SMARTS) is 1. The van der Waals surface area contributed by atoms with Crippen LogP contribution in [0, 0.1) is 17.8 Å². The monoisotopic (exact) mass is 350 g/mol. The van der Waals surface area contributed by atoms with E-state index in [1.54, 1.807) is 11.9 Å². The fraction of sp³-hybridized carbons (Fsp3) is 0.722. The van der Waals surface area contributed by atoms with E-state index in [2.05, 4.69) is 5.32 Å². The first-order valence-electron chi connectivity index (χ1n) is 9.00. The Labute approximate surface area is 147 Å². The van der Waals surface area contributed by atoms with Crippen LogP contribution in [0.5, 0.6) is 0 Å². The van der Waals surface area contributed by atoms with E-state index in [4.69, 9.17) is 0 Å². The quantitative estimate of drug-likeness (QED) is 0.598. The van der Waals surface area contributed by atoms with Gasteiger partial charge in [0, 0.05) is 19.5 Å². The number of carbonyl (C=O) groups excluding carboxylic acids is 2. The Kier molecular flexibility index (Phi) is 4.86. The molecule has 0 saturated heterocycles. The summed E-state index contributed by atoms with van der Waals surface area (Å²) in [4.78, 5) is 38.8. The van der Waals surface area contributed by atoms with Crippen molar-refractivity contribution in [3.8, 4) is 0 Å². The van der Waals surface area contributed by atoms with Crippen LogP contribution in [0.2, 0.25) is 0 Å². The summed E-state index contributed by atoms with van der Waals surface area (Å²) in [6, 6.07) is 0. The zero-order valence-corrected chi connectivity index (χ0v) is 14.5. The lowest BCUT2D eigenvalue weighted by atomic mass is 9.93. The number of nitrogens with one attached hydrogen (secondary N) is 1. The van der Waals surface area contributed by atoms with Crippen molar-refractivity contribution in [1.29, 1.82) is 0 Å². The van der Waals surface area contributed by atoms with Crippen molar-refractivity contribution in [1.82, 2.24) is 10.2 Å². The molecule has 0 aromatic heterocycles. The van der Waals surface area contributed by atoms with Crippen LogP contribution in [0.25, 0.3) is 0 Å². The van der Waals surface area contributed by atoms with Crippen LogP contribution in [0.1, 0.15) is 38.5 Å². The number of aliphatic hydroxyl groups excluding tert-OH is 1. The second-order valence-corrected chi connectivity index (χ2v) is 7.60. The molecule has 138 valence electrons. The molecule has 0 unspecified atom stereocenters. The van der Waals surface area contributed by atoms with E-state index in [0.29, 0.717) is 13.0 Å². The summed E-state index contributed by atoms with van der Waals surface area (Å²) in [7, 11) is 1.72. The second-order valence-electron chi connectivity index (χ2n) is 7.60. The minimum Gasteiger partial charge on any atom is -0.479 e. The third-order valence-corrected chi connectivity index (χ3v) is 5.79. The summed E-state index contributed by atoms with van der Waals surface area (Å²) in [5.41, 5.74) is -1.26. The van der Waals surface area contributed by atoms with E-state index in [1.165, 1.54) is 0 Å². The van der Waals surface area contributed by atoms with E-state index in [0.717, 1.165) is 19.3 Å². The summed E-state index contributed by atoms with van der Waals surface area (Å²) < 4.78 is 0. The summed E-state index contributed by atoms with van der Waals surface area (Å²) in [6.45, 7) is 0.621. The Morgan fingerprint density at radius 1 is 1.28 bits per heavy atom. The average molecular weight is 350 g/mol. The standard InChI is InChI=1S/C18H26N2O5/c1-20-7-5-3-2-4-6-11-10-18(11,17(24)25)19-15(22)13-8-12(21)9-14(13)16(20)23/h4,6,11-14,21H,2-3,5,7-10H2,1H3,(H,19,22)(H,24,25)/b6-4-/t11-,12-,13-,14-,18-/m1/s1. The third kappa shape index (κ3) is 3.42. The molecule has 5 atom stereocenters. The molecule has 0 bridgehead atoms. The Balaban J connectivity index is 1.85. The number of aliphatic carboxylic acids is 1. The van der Waals surface area contributed by atoms with Gasteiger partial charge in [0.25, 0.3) is 0 Å². The molecule has 2 aliphatic carbocycles. The van der Waals surface area contributed by atoms with Crippen molar-refractivity contribution < 1.29 is 24.6 Å². The van der Waals surface area contributed by atoms with Crippen molar-refractivity contribution in [3.63, 3.8) is 0 Å². The Bertz CT molecular complexity index is 604. The summed E-state index contributed by atoms with van der Waals surface area (Å²) in [5, 5.41) is 22.2. The fourth-order valence-corrected chi connectivity index (χ4v) is 4.11. The van der Waals surface area contributed by atoms with E-state index in [9.17, 15) is 24.6 Å². The van der Waals surface area contributed by atoms with Gasteiger partial charge in [-0.15, -0.1) is 0 Å². The van der Waals surface area contributed by atoms with Gasteiger partial charge in [0.05, 0.1) is 17.9 Å². The summed E-state index contributed by atoms with van der Waals surface area (Å²) in [5.74, 6) is -3.07. The van der Waals surface area contributed by atoms with Gasteiger partial charge in [-0.2, -0.15) is 0 Å². The van der Waals surface area contributed by atoms with Gasteiger partial charge in [-0.3, -0.25) is 9.59 Å². The SMILES string of the molecule is CN1CCCC/C=C\[C@@H]2C[C@@]2(C(=O)O)NC(=O)[C@@H]2C[C@@H](O)C[C@H]2C1=O. The van der Waals surface area contributed by atoms with Crippen LogP contribution in [-0.4, -0.2) is 58.1 Å². The third-order valence-electron chi connectivity index (χ3n) is 5.79. The topological polar surface area (TPSA) is 107 Å². The largest absolute Gasteiger partial charge is 0.479 e. The van der Waals surface area contributed by atoms with Crippen molar-refractivity contribution in [3.05, 3.63) is 12.2 Å². The zero-order chi connectivity index (χ0) is 18.2. The first-order valence-corrected chi connectivity index (χ1v) is 9.00. The predicted molar refractivity (Wildman–Crippen MR) is 89.5 cm³/mol. The zero-order valence-electron chi connectivity index (χ0n) is 14.5. The number of nitrogens with zero attached hydrogens (tertiary/aromatic N) is 1. The molecule has 0 radical (unpaired) electrons. The van der Waals surface area contributed by atoms with Gasteiger partial charge in [0.1, 0.15) is 5.54 Å². The van der Waals surface area contributed by atoms with E-state index < -0.39 is 35.4 Å². The number of hydrogen-bond donors (Lipinski definition) is 3. The Hall–Kier alpha value is -1.89. The molecule has 3 aliphatic rings. The number of aliphatic hydroxyl groups is 1. The molecule has 2 saturated carbocycles. The minimum atomic E-state index is -1.26. The van der Waals surface area contributed by atoms with Crippen molar-refractivity contribution in [2.45, 2.75) is 50.2 Å². The van der Waals surface area contributed by atoms with Crippen LogP contribution in [-0.2, 0) is 14.4 Å². The van der Waals surface area contributed by atoms with Gasteiger partial charge < -0.3 is 20.4 Å². The average Bonchev–Trinajstić information content (AvgIpc) is 3.11. The lowest BCUT2D eigenvalue weighted by Crippen LogP contribution is -2.49.